The maximum atomic E-state index is 5.28. The summed E-state index contributed by atoms with van der Waals surface area (Å²) in [6.45, 7) is 9.64. The lowest BCUT2D eigenvalue weighted by Crippen LogP contribution is -2.26. The SMILES string of the molecule is CCNC(CSC(C)(C)C)c1nccnc1OC. The number of aromatic nitrogens is 2. The Morgan fingerprint density at radius 1 is 1.33 bits per heavy atom. The highest BCUT2D eigenvalue weighted by Gasteiger charge is 2.21. The fourth-order valence-electron chi connectivity index (χ4n) is 1.55. The monoisotopic (exact) mass is 269 g/mol. The Bertz CT molecular complexity index is 365. The van der Waals surface area contributed by atoms with E-state index in [1.165, 1.54) is 0 Å². The summed E-state index contributed by atoms with van der Waals surface area (Å²) in [5.41, 5.74) is 0.888. The summed E-state index contributed by atoms with van der Waals surface area (Å²) in [5, 5.41) is 3.44. The zero-order chi connectivity index (χ0) is 13.6. The van der Waals surface area contributed by atoms with E-state index < -0.39 is 0 Å². The Hall–Kier alpha value is -0.810. The number of nitrogens with one attached hydrogen (secondary N) is 1. The van der Waals surface area contributed by atoms with Gasteiger partial charge in [0, 0.05) is 22.9 Å². The van der Waals surface area contributed by atoms with Crippen LogP contribution < -0.4 is 10.1 Å². The van der Waals surface area contributed by atoms with Crippen LogP contribution in [0.25, 0.3) is 0 Å². The zero-order valence-corrected chi connectivity index (χ0v) is 12.7. The molecule has 1 unspecified atom stereocenters. The smallest absolute Gasteiger partial charge is 0.237 e. The number of thioether (sulfide) groups is 1. The molecule has 0 spiro atoms. The number of ether oxygens (including phenoxy) is 1. The standard InChI is InChI=1S/C13H23N3OS/c1-6-14-10(9-18-13(2,3)4)11-12(17-5)16-8-7-15-11/h7-8,10,14H,6,9H2,1-5H3. The van der Waals surface area contributed by atoms with Gasteiger partial charge in [-0.3, -0.25) is 4.98 Å². The van der Waals surface area contributed by atoms with Crippen molar-refractivity contribution in [1.82, 2.24) is 15.3 Å². The average molecular weight is 269 g/mol. The molecule has 1 N–H and O–H groups in total. The van der Waals surface area contributed by atoms with E-state index in [2.05, 4.69) is 43.0 Å². The molecule has 0 bridgehead atoms. The lowest BCUT2D eigenvalue weighted by Gasteiger charge is -2.23. The first kappa shape index (κ1) is 15.2. The second kappa shape index (κ2) is 6.95. The molecule has 0 amide bonds. The summed E-state index contributed by atoms with van der Waals surface area (Å²) < 4.78 is 5.52. The fraction of sp³-hybridized carbons (Fsp3) is 0.692. The summed E-state index contributed by atoms with van der Waals surface area (Å²) in [5.74, 6) is 1.56. The Balaban J connectivity index is 2.83. The summed E-state index contributed by atoms with van der Waals surface area (Å²) in [4.78, 5) is 8.62. The highest BCUT2D eigenvalue weighted by molar-refractivity contribution is 8.00. The van der Waals surface area contributed by atoms with Gasteiger partial charge in [0.05, 0.1) is 13.2 Å². The molecule has 1 aromatic rings. The normalized spacial score (nSPS) is 13.4. The van der Waals surface area contributed by atoms with E-state index in [0.29, 0.717) is 5.88 Å². The van der Waals surface area contributed by atoms with Crippen LogP contribution >= 0.6 is 11.8 Å². The second-order valence-corrected chi connectivity index (χ2v) is 6.83. The van der Waals surface area contributed by atoms with Gasteiger partial charge in [0.1, 0.15) is 5.69 Å². The summed E-state index contributed by atoms with van der Waals surface area (Å²) in [6.07, 6.45) is 3.37. The maximum Gasteiger partial charge on any atom is 0.237 e. The molecule has 18 heavy (non-hydrogen) atoms. The van der Waals surface area contributed by atoms with Crippen LogP contribution in [-0.4, -0.2) is 34.1 Å². The molecule has 1 aromatic heterocycles. The van der Waals surface area contributed by atoms with Crippen molar-refractivity contribution in [2.45, 2.75) is 38.5 Å². The molecule has 0 aliphatic heterocycles. The van der Waals surface area contributed by atoms with Crippen LogP contribution in [0, 0.1) is 0 Å². The van der Waals surface area contributed by atoms with Gasteiger partial charge in [-0.1, -0.05) is 27.7 Å². The van der Waals surface area contributed by atoms with Crippen LogP contribution in [-0.2, 0) is 0 Å². The Labute approximate surface area is 114 Å². The number of hydrogen-bond donors (Lipinski definition) is 1. The van der Waals surface area contributed by atoms with Crippen LogP contribution in [0.4, 0.5) is 0 Å². The van der Waals surface area contributed by atoms with Gasteiger partial charge < -0.3 is 10.1 Å². The van der Waals surface area contributed by atoms with Gasteiger partial charge in [0.15, 0.2) is 0 Å². The van der Waals surface area contributed by atoms with Crippen LogP contribution in [0.15, 0.2) is 12.4 Å². The van der Waals surface area contributed by atoms with Gasteiger partial charge >= 0.3 is 0 Å². The topological polar surface area (TPSA) is 47.0 Å². The second-order valence-electron chi connectivity index (χ2n) is 4.98. The number of rotatable bonds is 6. The average Bonchev–Trinajstić information content (AvgIpc) is 2.33. The minimum Gasteiger partial charge on any atom is -0.480 e. The highest BCUT2D eigenvalue weighted by Crippen LogP contribution is 2.30. The predicted octanol–water partition coefficient (Wildman–Crippen LogP) is 2.67. The quantitative estimate of drug-likeness (QED) is 0.860. The van der Waals surface area contributed by atoms with Crippen molar-refractivity contribution in [3.05, 3.63) is 18.1 Å². The van der Waals surface area contributed by atoms with Crippen molar-refractivity contribution in [1.29, 1.82) is 0 Å². The third-order valence-electron chi connectivity index (χ3n) is 2.35. The van der Waals surface area contributed by atoms with E-state index >= 15 is 0 Å². The molecule has 0 fully saturated rings. The molecular formula is C13H23N3OS. The molecule has 4 nitrogen and oxygen atoms in total. The molecule has 5 heteroatoms. The third-order valence-corrected chi connectivity index (χ3v) is 3.71. The van der Waals surface area contributed by atoms with Crippen molar-refractivity contribution in [3.8, 4) is 5.88 Å². The largest absolute Gasteiger partial charge is 0.480 e. The van der Waals surface area contributed by atoms with Crippen molar-refractivity contribution < 1.29 is 4.74 Å². The zero-order valence-electron chi connectivity index (χ0n) is 11.9. The first-order chi connectivity index (χ1) is 8.48. The van der Waals surface area contributed by atoms with Crippen molar-refractivity contribution in [3.63, 3.8) is 0 Å². The molecule has 1 rings (SSSR count). The van der Waals surface area contributed by atoms with Gasteiger partial charge in [0.25, 0.3) is 0 Å². The third kappa shape index (κ3) is 4.82. The summed E-state index contributed by atoms with van der Waals surface area (Å²) >= 11 is 1.91. The number of nitrogens with zero attached hydrogens (tertiary/aromatic N) is 2. The summed E-state index contributed by atoms with van der Waals surface area (Å²) in [6, 6.07) is 0.169. The van der Waals surface area contributed by atoms with E-state index in [0.717, 1.165) is 18.0 Å². The van der Waals surface area contributed by atoms with Gasteiger partial charge in [-0.05, 0) is 6.54 Å². The molecule has 1 heterocycles. The molecule has 0 radical (unpaired) electrons. The minimum absolute atomic E-state index is 0.169. The molecular weight excluding hydrogens is 246 g/mol. The Morgan fingerprint density at radius 2 is 2.00 bits per heavy atom. The Morgan fingerprint density at radius 3 is 2.56 bits per heavy atom. The van der Waals surface area contributed by atoms with Crippen LogP contribution in [0.5, 0.6) is 5.88 Å². The van der Waals surface area contributed by atoms with Crippen molar-refractivity contribution in [2.75, 3.05) is 19.4 Å². The van der Waals surface area contributed by atoms with Crippen molar-refractivity contribution >= 4 is 11.8 Å². The molecule has 1 atom stereocenters. The maximum absolute atomic E-state index is 5.28. The van der Waals surface area contributed by atoms with Gasteiger partial charge in [-0.2, -0.15) is 11.8 Å². The summed E-state index contributed by atoms with van der Waals surface area (Å²) in [7, 11) is 1.63. The highest BCUT2D eigenvalue weighted by atomic mass is 32.2. The minimum atomic E-state index is 0.169. The molecule has 0 aromatic carbocycles. The molecule has 0 saturated carbocycles. The number of methoxy groups -OCH3 is 1. The number of hydrogen-bond acceptors (Lipinski definition) is 5. The molecule has 0 saturated heterocycles. The van der Waals surface area contributed by atoms with Crippen LogP contribution in [0.3, 0.4) is 0 Å². The molecule has 102 valence electrons. The van der Waals surface area contributed by atoms with Crippen molar-refractivity contribution in [2.24, 2.45) is 0 Å². The lowest BCUT2D eigenvalue weighted by atomic mass is 10.2. The molecule has 0 aliphatic rings. The Kier molecular flexibility index (Phi) is 5.88. The van der Waals surface area contributed by atoms with E-state index in [9.17, 15) is 0 Å². The van der Waals surface area contributed by atoms with E-state index in [-0.39, 0.29) is 10.8 Å². The van der Waals surface area contributed by atoms with Crippen LogP contribution in [0.1, 0.15) is 39.4 Å². The van der Waals surface area contributed by atoms with Gasteiger partial charge in [0.2, 0.25) is 5.88 Å². The van der Waals surface area contributed by atoms with Crippen LogP contribution in [0.2, 0.25) is 0 Å². The fourth-order valence-corrected chi connectivity index (χ4v) is 2.49. The van der Waals surface area contributed by atoms with E-state index in [1.807, 2.05) is 11.8 Å². The van der Waals surface area contributed by atoms with E-state index in [1.54, 1.807) is 19.5 Å². The van der Waals surface area contributed by atoms with Gasteiger partial charge in [-0.15, -0.1) is 0 Å². The first-order valence-electron chi connectivity index (χ1n) is 6.20. The molecule has 0 aliphatic carbocycles. The lowest BCUT2D eigenvalue weighted by molar-refractivity contribution is 0.381. The van der Waals surface area contributed by atoms with E-state index in [4.69, 9.17) is 4.74 Å². The first-order valence-corrected chi connectivity index (χ1v) is 7.18. The van der Waals surface area contributed by atoms with Gasteiger partial charge in [-0.25, -0.2) is 4.98 Å². The predicted molar refractivity (Wildman–Crippen MR) is 77.2 cm³/mol.